The molecule has 0 amide bonds. The Morgan fingerprint density at radius 1 is 0.843 bits per heavy atom. The van der Waals surface area contributed by atoms with Crippen LogP contribution in [0.4, 0.5) is 0 Å². The molecule has 2 bridgehead atoms. The smallest absolute Gasteiger partial charge is 0.225 e. The summed E-state index contributed by atoms with van der Waals surface area (Å²) in [6.07, 6.45) is 4.65. The van der Waals surface area contributed by atoms with Gasteiger partial charge in [-0.15, -0.1) is 6.58 Å². The van der Waals surface area contributed by atoms with Gasteiger partial charge in [0.15, 0.2) is 0 Å². The molecule has 6 heteroatoms. The van der Waals surface area contributed by atoms with E-state index in [2.05, 4.69) is 87.2 Å². The highest BCUT2D eigenvalue weighted by Gasteiger charge is 2.71. The summed E-state index contributed by atoms with van der Waals surface area (Å²) < 4.78 is 33.3. The molecular formula is C45H54O6. The van der Waals surface area contributed by atoms with Crippen molar-refractivity contribution in [3.63, 3.8) is 0 Å². The summed E-state index contributed by atoms with van der Waals surface area (Å²) in [5, 5.41) is 11.8. The van der Waals surface area contributed by atoms with Crippen molar-refractivity contribution in [3.8, 4) is 0 Å². The Morgan fingerprint density at radius 2 is 1.49 bits per heavy atom. The van der Waals surface area contributed by atoms with Crippen molar-refractivity contribution >= 4 is 0 Å². The van der Waals surface area contributed by atoms with Gasteiger partial charge in [-0.1, -0.05) is 110 Å². The third kappa shape index (κ3) is 8.23. The summed E-state index contributed by atoms with van der Waals surface area (Å²) in [4.78, 5) is 0. The molecule has 4 aromatic rings. The molecule has 0 spiro atoms. The second-order valence-electron chi connectivity index (χ2n) is 14.7. The van der Waals surface area contributed by atoms with Gasteiger partial charge in [-0.2, -0.15) is 0 Å². The third-order valence-electron chi connectivity index (χ3n) is 10.7. The van der Waals surface area contributed by atoms with Crippen LogP contribution >= 0.6 is 0 Å². The van der Waals surface area contributed by atoms with E-state index < -0.39 is 29.2 Å². The predicted molar refractivity (Wildman–Crippen MR) is 201 cm³/mol. The fraction of sp³-hybridized carbons (Fsp3) is 0.422. The lowest BCUT2D eigenvalue weighted by Crippen LogP contribution is -2.68. The molecule has 2 fully saturated rings. The van der Waals surface area contributed by atoms with Crippen molar-refractivity contribution in [2.45, 2.75) is 95.8 Å². The summed E-state index contributed by atoms with van der Waals surface area (Å²) in [5.41, 5.74) is 5.68. The molecule has 5 atom stereocenters. The van der Waals surface area contributed by atoms with E-state index in [1.807, 2.05) is 50.2 Å². The highest BCUT2D eigenvalue weighted by molar-refractivity contribution is 5.39. The number of aryl methyl sites for hydroxylation is 2. The van der Waals surface area contributed by atoms with Gasteiger partial charge in [0.25, 0.3) is 0 Å². The Morgan fingerprint density at radius 3 is 2.14 bits per heavy atom. The largest absolute Gasteiger partial charge is 0.387 e. The molecule has 1 N–H and O–H groups in total. The lowest BCUT2D eigenvalue weighted by Gasteiger charge is -2.54. The lowest BCUT2D eigenvalue weighted by atomic mass is 9.70. The maximum Gasteiger partial charge on any atom is 0.225 e. The SMILES string of the molecule is C=CCOCCCCc1ccc(Cc2cc([C@]34OC[C@](C(C)(C)O)(O3)[C@@H](C)[C@H](OCc3ccccc3)[C@H]4OCc3ccccc3)ccc2C)cc1. The van der Waals surface area contributed by atoms with Crippen molar-refractivity contribution in [2.75, 3.05) is 19.8 Å². The minimum Gasteiger partial charge on any atom is -0.387 e. The van der Waals surface area contributed by atoms with Crippen LogP contribution in [0.5, 0.6) is 0 Å². The first-order valence-electron chi connectivity index (χ1n) is 18.4. The van der Waals surface area contributed by atoms with E-state index in [0.29, 0.717) is 19.8 Å². The van der Waals surface area contributed by atoms with E-state index in [1.54, 1.807) is 6.08 Å². The van der Waals surface area contributed by atoms with Gasteiger partial charge in [0, 0.05) is 18.1 Å². The number of ether oxygens (including phenoxy) is 5. The molecule has 2 saturated heterocycles. The quantitative estimate of drug-likeness (QED) is 0.0884. The zero-order valence-electron chi connectivity index (χ0n) is 30.7. The Hall–Kier alpha value is -3.62. The van der Waals surface area contributed by atoms with Gasteiger partial charge in [-0.3, -0.25) is 0 Å². The molecular weight excluding hydrogens is 636 g/mol. The minimum absolute atomic E-state index is 0.207. The molecule has 2 heterocycles. The zero-order valence-corrected chi connectivity index (χ0v) is 30.7. The fourth-order valence-electron chi connectivity index (χ4n) is 7.60. The molecule has 270 valence electrons. The van der Waals surface area contributed by atoms with Crippen molar-refractivity contribution in [2.24, 2.45) is 5.92 Å². The number of benzene rings is 4. The third-order valence-corrected chi connectivity index (χ3v) is 10.7. The average molecular weight is 691 g/mol. The molecule has 0 saturated carbocycles. The Bertz CT molecular complexity index is 1700. The van der Waals surface area contributed by atoms with Crippen molar-refractivity contribution in [1.29, 1.82) is 0 Å². The van der Waals surface area contributed by atoms with Crippen LogP contribution in [0.1, 0.15) is 72.6 Å². The standard InChI is InChI=1S/C45H54O6/c1-6-26-47-27-14-13-15-35-21-23-36(24-22-35)28-39-29-40(25-20-33(39)2)45-42(49-31-38-18-11-8-12-19-38)41(48-30-37-16-9-7-10-17-37)34(3)44(51-45,32-50-45)43(4,5)46/h6-12,16-25,29,34,41-42,46H,1,13-15,26-28,30-32H2,2-5H3/t34-,41-,42+,44-,45-/m0/s1. The summed E-state index contributed by atoms with van der Waals surface area (Å²) in [6.45, 7) is 13.9. The normalized spacial score (nSPS) is 24.5. The van der Waals surface area contributed by atoms with E-state index in [1.165, 1.54) is 22.3 Å². The van der Waals surface area contributed by atoms with E-state index in [-0.39, 0.29) is 12.5 Å². The van der Waals surface area contributed by atoms with E-state index in [0.717, 1.165) is 49.0 Å². The molecule has 6 nitrogen and oxygen atoms in total. The monoisotopic (exact) mass is 690 g/mol. The van der Waals surface area contributed by atoms with Crippen LogP contribution in [0, 0.1) is 12.8 Å². The molecule has 2 aliphatic rings. The lowest BCUT2D eigenvalue weighted by molar-refractivity contribution is -0.352. The van der Waals surface area contributed by atoms with Crippen LogP contribution in [0.15, 0.2) is 116 Å². The van der Waals surface area contributed by atoms with Gasteiger partial charge in [-0.25, -0.2) is 0 Å². The Balaban J connectivity index is 1.30. The van der Waals surface area contributed by atoms with Crippen LogP contribution in [-0.4, -0.2) is 48.3 Å². The van der Waals surface area contributed by atoms with Crippen LogP contribution in [0.2, 0.25) is 0 Å². The van der Waals surface area contributed by atoms with Crippen LogP contribution in [0.25, 0.3) is 0 Å². The first kappa shape index (κ1) is 37.1. The van der Waals surface area contributed by atoms with E-state index in [4.69, 9.17) is 23.7 Å². The van der Waals surface area contributed by atoms with Gasteiger partial charge in [-0.05, 0) is 85.9 Å². The van der Waals surface area contributed by atoms with Gasteiger partial charge >= 0.3 is 0 Å². The van der Waals surface area contributed by atoms with Crippen molar-refractivity contribution < 1.29 is 28.8 Å². The number of hydrogen-bond donors (Lipinski definition) is 1. The number of aliphatic hydroxyl groups is 1. The molecule has 6 rings (SSSR count). The van der Waals surface area contributed by atoms with Crippen LogP contribution in [0.3, 0.4) is 0 Å². The van der Waals surface area contributed by atoms with Crippen LogP contribution < -0.4 is 0 Å². The second-order valence-corrected chi connectivity index (χ2v) is 14.7. The summed E-state index contributed by atoms with van der Waals surface area (Å²) >= 11 is 0. The zero-order chi connectivity index (χ0) is 35.9. The van der Waals surface area contributed by atoms with Gasteiger partial charge < -0.3 is 28.8 Å². The Kier molecular flexibility index (Phi) is 11.9. The number of rotatable bonds is 17. The molecule has 0 unspecified atom stereocenters. The highest BCUT2D eigenvalue weighted by Crippen LogP contribution is 2.57. The summed E-state index contributed by atoms with van der Waals surface area (Å²) in [6, 6.07) is 35.7. The van der Waals surface area contributed by atoms with Gasteiger partial charge in [0.2, 0.25) is 5.79 Å². The fourth-order valence-corrected chi connectivity index (χ4v) is 7.60. The molecule has 0 aromatic heterocycles. The first-order chi connectivity index (χ1) is 24.6. The van der Waals surface area contributed by atoms with E-state index >= 15 is 0 Å². The number of unbranched alkanes of at least 4 members (excludes halogenated alkanes) is 1. The molecule has 0 aliphatic carbocycles. The van der Waals surface area contributed by atoms with Gasteiger partial charge in [0.1, 0.15) is 11.7 Å². The summed E-state index contributed by atoms with van der Waals surface area (Å²) in [7, 11) is 0. The Labute approximate surface area is 304 Å². The predicted octanol–water partition coefficient (Wildman–Crippen LogP) is 8.64. The highest BCUT2D eigenvalue weighted by atomic mass is 16.8. The maximum atomic E-state index is 11.8. The minimum atomic E-state index is -1.30. The second kappa shape index (κ2) is 16.4. The van der Waals surface area contributed by atoms with Gasteiger partial charge in [0.05, 0.1) is 38.1 Å². The molecule has 0 radical (unpaired) electrons. The number of fused-ring (bicyclic) bond motifs is 2. The van der Waals surface area contributed by atoms with Crippen LogP contribution in [-0.2, 0) is 55.5 Å². The van der Waals surface area contributed by atoms with Crippen molar-refractivity contribution in [1.82, 2.24) is 0 Å². The molecule has 4 aromatic carbocycles. The maximum absolute atomic E-state index is 11.8. The average Bonchev–Trinajstić information content (AvgIpc) is 3.53. The van der Waals surface area contributed by atoms with E-state index in [9.17, 15) is 5.11 Å². The van der Waals surface area contributed by atoms with Crippen molar-refractivity contribution in [3.05, 3.63) is 155 Å². The first-order valence-corrected chi connectivity index (χ1v) is 18.4. The molecule has 2 aliphatic heterocycles. The number of hydrogen-bond acceptors (Lipinski definition) is 6. The summed E-state index contributed by atoms with van der Waals surface area (Å²) in [5.74, 6) is -1.55. The topological polar surface area (TPSA) is 66.4 Å². The molecule has 51 heavy (non-hydrogen) atoms.